The van der Waals surface area contributed by atoms with Crippen molar-refractivity contribution in [3.63, 3.8) is 0 Å². The Balaban J connectivity index is 1.91. The lowest BCUT2D eigenvalue weighted by atomic mass is 10.0. The lowest BCUT2D eigenvalue weighted by molar-refractivity contribution is -0.384. The molecule has 1 amide bonds. The smallest absolute Gasteiger partial charge is 0.269 e. The van der Waals surface area contributed by atoms with Gasteiger partial charge in [0.1, 0.15) is 0 Å². The van der Waals surface area contributed by atoms with Crippen molar-refractivity contribution in [2.75, 3.05) is 11.4 Å². The number of amides is 1. The first-order valence-corrected chi connectivity index (χ1v) is 6.81. The average molecular weight is 282 g/mol. The minimum absolute atomic E-state index is 0.00871. The molecule has 0 N–H and O–H groups in total. The van der Waals surface area contributed by atoms with Gasteiger partial charge in [-0.25, -0.2) is 0 Å². The van der Waals surface area contributed by atoms with Crippen LogP contribution in [-0.4, -0.2) is 17.4 Å². The van der Waals surface area contributed by atoms with Crippen LogP contribution in [0.3, 0.4) is 0 Å². The zero-order chi connectivity index (χ0) is 14.8. The van der Waals surface area contributed by atoms with Gasteiger partial charge in [-0.1, -0.05) is 18.2 Å². The highest BCUT2D eigenvalue weighted by Crippen LogP contribution is 2.28. The molecule has 1 aliphatic rings. The predicted octanol–water partition coefficient (Wildman–Crippen LogP) is 3.19. The van der Waals surface area contributed by atoms with E-state index in [0.29, 0.717) is 12.1 Å². The maximum Gasteiger partial charge on any atom is 0.269 e. The summed E-state index contributed by atoms with van der Waals surface area (Å²) in [4.78, 5) is 24.5. The van der Waals surface area contributed by atoms with Crippen molar-refractivity contribution in [1.82, 2.24) is 0 Å². The van der Waals surface area contributed by atoms with Crippen molar-refractivity contribution in [2.24, 2.45) is 0 Å². The number of para-hydroxylation sites is 1. The maximum absolute atomic E-state index is 12.6. The number of benzene rings is 2. The first-order valence-electron chi connectivity index (χ1n) is 6.81. The molecule has 0 unspecified atom stereocenters. The van der Waals surface area contributed by atoms with Crippen LogP contribution in [-0.2, 0) is 6.42 Å². The van der Waals surface area contributed by atoms with Crippen molar-refractivity contribution in [2.45, 2.75) is 12.8 Å². The third-order valence-electron chi connectivity index (χ3n) is 3.68. The molecule has 2 aromatic rings. The Bertz CT molecular complexity index is 695. The molecular formula is C16H14N2O3. The molecule has 0 spiro atoms. The molecule has 0 aliphatic carbocycles. The highest BCUT2D eigenvalue weighted by atomic mass is 16.6. The topological polar surface area (TPSA) is 63.4 Å². The normalized spacial score (nSPS) is 13.6. The Morgan fingerprint density at radius 3 is 2.52 bits per heavy atom. The lowest BCUT2D eigenvalue weighted by Crippen LogP contribution is -2.35. The third-order valence-corrected chi connectivity index (χ3v) is 3.68. The summed E-state index contributed by atoms with van der Waals surface area (Å²) in [6.07, 6.45) is 1.90. The standard InChI is InChI=1S/C16H14N2O3/c19-16(13-7-9-14(10-8-13)18(20)21)17-11-3-5-12-4-1-2-6-15(12)17/h1-2,4,6-10H,3,5,11H2. The van der Waals surface area contributed by atoms with Crippen LogP contribution in [0.4, 0.5) is 11.4 Å². The molecule has 0 fully saturated rings. The van der Waals surface area contributed by atoms with Crippen LogP contribution in [0.5, 0.6) is 0 Å². The summed E-state index contributed by atoms with van der Waals surface area (Å²) in [5.41, 5.74) is 2.56. The molecule has 1 heterocycles. The molecule has 0 atom stereocenters. The summed E-state index contributed by atoms with van der Waals surface area (Å²) >= 11 is 0. The minimum Gasteiger partial charge on any atom is -0.308 e. The summed E-state index contributed by atoms with van der Waals surface area (Å²) in [5.74, 6) is -0.114. The lowest BCUT2D eigenvalue weighted by Gasteiger charge is -2.29. The summed E-state index contributed by atoms with van der Waals surface area (Å²) < 4.78 is 0. The van der Waals surface area contributed by atoms with Crippen molar-refractivity contribution in [1.29, 1.82) is 0 Å². The highest BCUT2D eigenvalue weighted by Gasteiger charge is 2.23. The van der Waals surface area contributed by atoms with Gasteiger partial charge in [0.15, 0.2) is 0 Å². The van der Waals surface area contributed by atoms with Crippen LogP contribution in [0.15, 0.2) is 48.5 Å². The van der Waals surface area contributed by atoms with E-state index < -0.39 is 4.92 Å². The Kier molecular flexibility index (Phi) is 3.39. The van der Waals surface area contributed by atoms with Crippen molar-refractivity contribution >= 4 is 17.3 Å². The first-order chi connectivity index (χ1) is 10.2. The molecule has 0 bridgehead atoms. The summed E-state index contributed by atoms with van der Waals surface area (Å²) in [7, 11) is 0. The zero-order valence-corrected chi connectivity index (χ0v) is 11.4. The Morgan fingerprint density at radius 2 is 1.81 bits per heavy atom. The number of non-ortho nitro benzene ring substituents is 1. The second kappa shape index (κ2) is 5.36. The van der Waals surface area contributed by atoms with E-state index in [1.807, 2.05) is 24.3 Å². The van der Waals surface area contributed by atoms with Crippen LogP contribution in [0, 0.1) is 10.1 Å². The Morgan fingerprint density at radius 1 is 1.10 bits per heavy atom. The van der Waals surface area contributed by atoms with Crippen LogP contribution in [0.1, 0.15) is 22.3 Å². The molecule has 2 aromatic carbocycles. The Hall–Kier alpha value is -2.69. The van der Waals surface area contributed by atoms with Crippen LogP contribution in [0.25, 0.3) is 0 Å². The van der Waals surface area contributed by atoms with Crippen LogP contribution in [0.2, 0.25) is 0 Å². The number of carbonyl (C=O) groups is 1. The van der Waals surface area contributed by atoms with E-state index in [1.54, 1.807) is 4.90 Å². The summed E-state index contributed by atoms with van der Waals surface area (Å²) in [6.45, 7) is 0.673. The fourth-order valence-electron chi connectivity index (χ4n) is 2.63. The quantitative estimate of drug-likeness (QED) is 0.627. The SMILES string of the molecule is O=C(c1ccc([N+](=O)[O-])cc1)N1CCCc2ccccc21. The molecule has 5 heteroatoms. The third kappa shape index (κ3) is 2.50. The zero-order valence-electron chi connectivity index (χ0n) is 11.4. The van der Waals surface area contributed by atoms with E-state index in [0.717, 1.165) is 18.5 Å². The number of fused-ring (bicyclic) bond motifs is 1. The second-order valence-electron chi connectivity index (χ2n) is 4.99. The number of anilines is 1. The molecule has 3 rings (SSSR count). The molecule has 0 saturated carbocycles. The molecule has 1 aliphatic heterocycles. The fourth-order valence-corrected chi connectivity index (χ4v) is 2.63. The molecule has 106 valence electrons. The number of nitrogens with zero attached hydrogens (tertiary/aromatic N) is 2. The highest BCUT2D eigenvalue weighted by molar-refractivity contribution is 6.06. The molecule has 5 nitrogen and oxygen atoms in total. The molecule has 0 aromatic heterocycles. The summed E-state index contributed by atoms with van der Waals surface area (Å²) in [5, 5.41) is 10.7. The van der Waals surface area contributed by atoms with Gasteiger partial charge in [0.2, 0.25) is 0 Å². The monoisotopic (exact) mass is 282 g/mol. The molecule has 0 saturated heterocycles. The number of nitro benzene ring substituents is 1. The van der Waals surface area contributed by atoms with Crippen LogP contribution < -0.4 is 4.90 Å². The van der Waals surface area contributed by atoms with Crippen molar-refractivity contribution in [3.8, 4) is 0 Å². The maximum atomic E-state index is 12.6. The number of nitro groups is 1. The fraction of sp³-hybridized carbons (Fsp3) is 0.188. The van der Waals surface area contributed by atoms with Crippen LogP contribution >= 0.6 is 0 Å². The Labute approximate surface area is 122 Å². The van der Waals surface area contributed by atoms with Gasteiger partial charge in [0.25, 0.3) is 11.6 Å². The average Bonchev–Trinajstić information content (AvgIpc) is 2.53. The van der Waals surface area contributed by atoms with E-state index in [2.05, 4.69) is 0 Å². The van der Waals surface area contributed by atoms with Gasteiger partial charge in [-0.2, -0.15) is 0 Å². The van der Waals surface area contributed by atoms with Gasteiger partial charge in [-0.15, -0.1) is 0 Å². The molecular weight excluding hydrogens is 268 g/mol. The van der Waals surface area contributed by atoms with Gasteiger partial charge in [0.05, 0.1) is 4.92 Å². The van der Waals surface area contributed by atoms with Crippen molar-refractivity contribution in [3.05, 3.63) is 69.8 Å². The van der Waals surface area contributed by atoms with E-state index in [-0.39, 0.29) is 11.6 Å². The van der Waals surface area contributed by atoms with Gasteiger partial charge < -0.3 is 4.90 Å². The van der Waals surface area contributed by atoms with E-state index in [9.17, 15) is 14.9 Å². The number of carbonyl (C=O) groups excluding carboxylic acids is 1. The van der Waals surface area contributed by atoms with Gasteiger partial charge in [-0.05, 0) is 36.6 Å². The first kappa shape index (κ1) is 13.3. The number of rotatable bonds is 2. The van der Waals surface area contributed by atoms with Crippen molar-refractivity contribution < 1.29 is 9.72 Å². The minimum atomic E-state index is -0.468. The predicted molar refractivity (Wildman–Crippen MR) is 79.5 cm³/mol. The van der Waals surface area contributed by atoms with E-state index in [4.69, 9.17) is 0 Å². The van der Waals surface area contributed by atoms with Gasteiger partial charge in [-0.3, -0.25) is 14.9 Å². The largest absolute Gasteiger partial charge is 0.308 e. The van der Waals surface area contributed by atoms with Gasteiger partial charge in [0, 0.05) is 29.9 Å². The second-order valence-corrected chi connectivity index (χ2v) is 4.99. The van der Waals surface area contributed by atoms with E-state index >= 15 is 0 Å². The van der Waals surface area contributed by atoms with Gasteiger partial charge >= 0.3 is 0 Å². The number of hydrogen-bond donors (Lipinski definition) is 0. The summed E-state index contributed by atoms with van der Waals surface area (Å²) in [6, 6.07) is 13.6. The molecule has 21 heavy (non-hydrogen) atoms. The van der Waals surface area contributed by atoms with E-state index in [1.165, 1.54) is 29.8 Å². The number of hydrogen-bond acceptors (Lipinski definition) is 3. The molecule has 0 radical (unpaired) electrons. The number of aryl methyl sites for hydroxylation is 1.